The van der Waals surface area contributed by atoms with Gasteiger partial charge in [0.15, 0.2) is 17.5 Å². The van der Waals surface area contributed by atoms with Crippen molar-refractivity contribution in [2.24, 2.45) is 0 Å². The average molecular weight is 719 g/mol. The summed E-state index contributed by atoms with van der Waals surface area (Å²) in [4.78, 5) is 17.2. The SMILES string of the molecule is c1ccc(-c2ccc(N(c3ccccc3)c3ccc(-c4cccc(-c5nc(-c6ccccc6)nc(-c6ccccc6)n5)c4)c4oc5ccccc5c34)cc2)cc1. The maximum Gasteiger partial charge on any atom is 0.164 e. The molecule has 10 aromatic rings. The van der Waals surface area contributed by atoms with Crippen LogP contribution >= 0.6 is 0 Å². The number of hydrogen-bond donors (Lipinski definition) is 0. The molecule has 0 amide bonds. The van der Waals surface area contributed by atoms with Crippen LogP contribution in [0.15, 0.2) is 211 Å². The number of fused-ring (bicyclic) bond motifs is 3. The van der Waals surface area contributed by atoms with E-state index in [-0.39, 0.29) is 0 Å². The molecule has 2 aromatic heterocycles. The highest BCUT2D eigenvalue weighted by Crippen LogP contribution is 2.46. The molecule has 264 valence electrons. The molecule has 10 rings (SSSR count). The van der Waals surface area contributed by atoms with E-state index in [1.807, 2.05) is 78.9 Å². The predicted molar refractivity (Wildman–Crippen MR) is 229 cm³/mol. The smallest absolute Gasteiger partial charge is 0.164 e. The third-order valence-corrected chi connectivity index (χ3v) is 10.1. The van der Waals surface area contributed by atoms with Crippen LogP contribution in [-0.4, -0.2) is 15.0 Å². The Morgan fingerprint density at radius 3 is 1.48 bits per heavy atom. The average Bonchev–Trinajstić information content (AvgIpc) is 3.68. The number of benzene rings is 8. The molecule has 5 nitrogen and oxygen atoms in total. The molecule has 5 heteroatoms. The highest BCUT2D eigenvalue weighted by atomic mass is 16.3. The van der Waals surface area contributed by atoms with E-state index in [4.69, 9.17) is 19.4 Å². The van der Waals surface area contributed by atoms with Gasteiger partial charge in [-0.2, -0.15) is 0 Å². The third-order valence-electron chi connectivity index (χ3n) is 10.1. The summed E-state index contributed by atoms with van der Waals surface area (Å²) in [6.07, 6.45) is 0. The Balaban J connectivity index is 1.13. The van der Waals surface area contributed by atoms with Crippen molar-refractivity contribution >= 4 is 39.0 Å². The lowest BCUT2D eigenvalue weighted by atomic mass is 9.98. The predicted octanol–water partition coefficient (Wildman–Crippen LogP) is 13.6. The number of hydrogen-bond acceptors (Lipinski definition) is 5. The summed E-state index contributed by atoms with van der Waals surface area (Å²) >= 11 is 0. The van der Waals surface area contributed by atoms with Crippen molar-refractivity contribution < 1.29 is 4.42 Å². The highest BCUT2D eigenvalue weighted by molar-refractivity contribution is 6.17. The van der Waals surface area contributed by atoms with Crippen LogP contribution in [0, 0.1) is 0 Å². The molecule has 0 N–H and O–H groups in total. The van der Waals surface area contributed by atoms with Gasteiger partial charge in [0.25, 0.3) is 0 Å². The van der Waals surface area contributed by atoms with Crippen LogP contribution in [-0.2, 0) is 0 Å². The largest absolute Gasteiger partial charge is 0.455 e. The van der Waals surface area contributed by atoms with Crippen LogP contribution in [0.3, 0.4) is 0 Å². The van der Waals surface area contributed by atoms with E-state index in [9.17, 15) is 0 Å². The minimum atomic E-state index is 0.603. The zero-order chi connectivity index (χ0) is 37.3. The number of para-hydroxylation sites is 2. The molecule has 0 saturated carbocycles. The second-order valence-corrected chi connectivity index (χ2v) is 13.6. The van der Waals surface area contributed by atoms with Crippen molar-refractivity contribution in [3.63, 3.8) is 0 Å². The van der Waals surface area contributed by atoms with Crippen molar-refractivity contribution in [3.05, 3.63) is 206 Å². The van der Waals surface area contributed by atoms with Gasteiger partial charge in [-0.3, -0.25) is 0 Å². The first-order chi connectivity index (χ1) is 27.8. The van der Waals surface area contributed by atoms with Crippen molar-refractivity contribution in [1.29, 1.82) is 0 Å². The van der Waals surface area contributed by atoms with E-state index in [1.54, 1.807) is 0 Å². The summed E-state index contributed by atoms with van der Waals surface area (Å²) in [5.74, 6) is 1.86. The Kier molecular flexibility index (Phi) is 8.43. The van der Waals surface area contributed by atoms with Crippen molar-refractivity contribution in [3.8, 4) is 56.4 Å². The van der Waals surface area contributed by atoms with Gasteiger partial charge in [-0.15, -0.1) is 0 Å². The van der Waals surface area contributed by atoms with Gasteiger partial charge in [0.05, 0.1) is 11.1 Å². The fourth-order valence-electron chi connectivity index (χ4n) is 7.43. The van der Waals surface area contributed by atoms with Gasteiger partial charge in [0, 0.05) is 39.0 Å². The second-order valence-electron chi connectivity index (χ2n) is 13.6. The van der Waals surface area contributed by atoms with Crippen LogP contribution in [0.4, 0.5) is 17.1 Å². The molecule has 0 saturated heterocycles. The van der Waals surface area contributed by atoms with Gasteiger partial charge in [0.1, 0.15) is 11.2 Å². The third kappa shape index (κ3) is 6.17. The number of aromatic nitrogens is 3. The molecule has 0 fully saturated rings. The van der Waals surface area contributed by atoms with E-state index >= 15 is 0 Å². The van der Waals surface area contributed by atoms with Gasteiger partial charge in [-0.05, 0) is 65.2 Å². The molecule has 0 atom stereocenters. The summed E-state index contributed by atoms with van der Waals surface area (Å²) in [6, 6.07) is 71.0. The number of nitrogens with zero attached hydrogens (tertiary/aromatic N) is 4. The summed E-state index contributed by atoms with van der Waals surface area (Å²) in [6.45, 7) is 0. The molecule has 0 unspecified atom stereocenters. The summed E-state index contributed by atoms with van der Waals surface area (Å²) in [5, 5.41) is 2.09. The number of rotatable bonds is 8. The molecule has 0 bridgehead atoms. The van der Waals surface area contributed by atoms with Crippen molar-refractivity contribution in [2.45, 2.75) is 0 Å². The summed E-state index contributed by atoms with van der Waals surface area (Å²) in [7, 11) is 0. The van der Waals surface area contributed by atoms with E-state index in [0.29, 0.717) is 17.5 Å². The summed E-state index contributed by atoms with van der Waals surface area (Å²) in [5.41, 5.74) is 11.9. The summed E-state index contributed by atoms with van der Waals surface area (Å²) < 4.78 is 6.81. The molecule has 0 spiro atoms. The first-order valence-corrected chi connectivity index (χ1v) is 18.7. The van der Waals surface area contributed by atoms with E-state index in [0.717, 1.165) is 66.8 Å². The quantitative estimate of drug-likeness (QED) is 0.157. The molecule has 0 aliphatic heterocycles. The molecule has 0 radical (unpaired) electrons. The first-order valence-electron chi connectivity index (χ1n) is 18.7. The zero-order valence-corrected chi connectivity index (χ0v) is 30.3. The van der Waals surface area contributed by atoms with Crippen LogP contribution in [0.25, 0.3) is 78.4 Å². The van der Waals surface area contributed by atoms with Gasteiger partial charge in [-0.1, -0.05) is 158 Å². The topological polar surface area (TPSA) is 55.1 Å². The van der Waals surface area contributed by atoms with Gasteiger partial charge in [-0.25, -0.2) is 15.0 Å². The molecular weight excluding hydrogens is 685 g/mol. The van der Waals surface area contributed by atoms with Gasteiger partial charge < -0.3 is 9.32 Å². The Labute approximate surface area is 324 Å². The van der Waals surface area contributed by atoms with Crippen LogP contribution < -0.4 is 4.90 Å². The van der Waals surface area contributed by atoms with E-state index < -0.39 is 0 Å². The highest BCUT2D eigenvalue weighted by Gasteiger charge is 2.22. The Bertz CT molecular complexity index is 2890. The van der Waals surface area contributed by atoms with Gasteiger partial charge >= 0.3 is 0 Å². The Morgan fingerprint density at radius 2 is 0.839 bits per heavy atom. The normalized spacial score (nSPS) is 11.2. The second kappa shape index (κ2) is 14.3. The van der Waals surface area contributed by atoms with Crippen molar-refractivity contribution in [1.82, 2.24) is 15.0 Å². The van der Waals surface area contributed by atoms with Crippen LogP contribution in [0.1, 0.15) is 0 Å². The lowest BCUT2D eigenvalue weighted by molar-refractivity contribution is 0.670. The maximum atomic E-state index is 6.81. The molecule has 0 aliphatic carbocycles. The molecular formula is C51H34N4O. The zero-order valence-electron chi connectivity index (χ0n) is 30.3. The fourth-order valence-corrected chi connectivity index (χ4v) is 7.43. The minimum Gasteiger partial charge on any atom is -0.455 e. The minimum absolute atomic E-state index is 0.603. The van der Waals surface area contributed by atoms with Crippen LogP contribution in [0.5, 0.6) is 0 Å². The molecule has 8 aromatic carbocycles. The number of anilines is 3. The maximum absolute atomic E-state index is 6.81. The van der Waals surface area contributed by atoms with E-state index in [1.165, 1.54) is 11.1 Å². The lowest BCUT2D eigenvalue weighted by Gasteiger charge is -2.27. The van der Waals surface area contributed by atoms with Crippen LogP contribution in [0.2, 0.25) is 0 Å². The Hall–Kier alpha value is -7.63. The monoisotopic (exact) mass is 718 g/mol. The van der Waals surface area contributed by atoms with Crippen molar-refractivity contribution in [2.75, 3.05) is 4.90 Å². The molecule has 0 aliphatic rings. The molecule has 2 heterocycles. The van der Waals surface area contributed by atoms with Gasteiger partial charge in [0.2, 0.25) is 0 Å². The lowest BCUT2D eigenvalue weighted by Crippen LogP contribution is -2.10. The van der Waals surface area contributed by atoms with E-state index in [2.05, 4.69) is 132 Å². The first kappa shape index (κ1) is 33.0. The molecule has 56 heavy (non-hydrogen) atoms. The number of furan rings is 1. The standard InChI is InChI=1S/C51H34N4O/c1-5-16-35(17-6-1)36-28-30-42(31-29-36)55(41-24-11-4-12-25-41)45-33-32-43(48-47(45)44-26-13-14-27-46(44)56-48)39-22-15-23-40(34-39)51-53-49(37-18-7-2-8-19-37)52-50(54-51)38-20-9-3-10-21-38/h1-34H. The fraction of sp³-hybridized carbons (Fsp3) is 0. The Morgan fingerprint density at radius 1 is 0.357 bits per heavy atom.